The summed E-state index contributed by atoms with van der Waals surface area (Å²) in [7, 11) is -7.60. The van der Waals surface area contributed by atoms with Crippen LogP contribution in [0.4, 0.5) is 0 Å². The van der Waals surface area contributed by atoms with Gasteiger partial charge in [0.15, 0.2) is 4.80 Å². The maximum Gasteiger partial charge on any atom is 0.252 e. The third kappa shape index (κ3) is 5.31. The fourth-order valence-corrected chi connectivity index (χ4v) is 7.25. The Morgan fingerprint density at radius 3 is 2.51 bits per heavy atom. The summed E-state index contributed by atoms with van der Waals surface area (Å²) in [6, 6.07) is 11.1. The average molecular weight is 535 g/mol. The number of hydrogen-bond donors (Lipinski definition) is 1. The second kappa shape index (κ2) is 9.78. The van der Waals surface area contributed by atoms with Gasteiger partial charge >= 0.3 is 0 Å². The minimum absolute atomic E-state index is 0.0286. The number of carbonyl (C=O) groups excluding carboxylic acids is 1. The number of thiazole rings is 1. The summed E-state index contributed by atoms with van der Waals surface area (Å²) in [6.07, 6.45) is 2.73. The van der Waals surface area contributed by atoms with E-state index in [9.17, 15) is 21.6 Å². The van der Waals surface area contributed by atoms with Crippen LogP contribution < -0.4 is 9.94 Å². The van der Waals surface area contributed by atoms with Gasteiger partial charge in [-0.15, -0.1) is 6.58 Å². The van der Waals surface area contributed by atoms with E-state index >= 15 is 0 Å². The van der Waals surface area contributed by atoms with Crippen LogP contribution in [0.15, 0.2) is 69.9 Å². The van der Waals surface area contributed by atoms with E-state index in [0.717, 1.165) is 5.56 Å². The molecule has 1 amide bonds. The average Bonchev–Trinajstić information content (AvgIpc) is 3.15. The first-order chi connectivity index (χ1) is 16.5. The van der Waals surface area contributed by atoms with Crippen LogP contribution in [0.1, 0.15) is 18.4 Å². The first-order valence-corrected chi connectivity index (χ1v) is 14.7. The lowest BCUT2D eigenvalue weighted by atomic mass is 9.99. The largest absolute Gasteiger partial charge is 0.313 e. The van der Waals surface area contributed by atoms with Crippen molar-refractivity contribution < 1.29 is 21.6 Å². The van der Waals surface area contributed by atoms with Crippen molar-refractivity contribution in [1.29, 1.82) is 0 Å². The molecule has 35 heavy (non-hydrogen) atoms. The molecule has 1 aliphatic heterocycles. The molecule has 1 fully saturated rings. The topological polar surface area (TPSA) is 132 Å². The molecule has 3 aromatic rings. The number of amides is 1. The SMILES string of the molecule is C=CCn1c(=NC(=O)C2CCCN(S(=O)(=O)c3ccc(C)cc3)C2)sc2cc(S(N)(=O)=O)ccc21. The molecule has 1 atom stereocenters. The van der Waals surface area contributed by atoms with Crippen molar-refractivity contribution in [3.63, 3.8) is 0 Å². The zero-order chi connectivity index (χ0) is 25.4. The lowest BCUT2D eigenvalue weighted by Gasteiger charge is -2.30. The van der Waals surface area contributed by atoms with Crippen molar-refractivity contribution in [2.75, 3.05) is 13.1 Å². The Morgan fingerprint density at radius 1 is 1.17 bits per heavy atom. The number of hydrogen-bond acceptors (Lipinski definition) is 6. The summed E-state index contributed by atoms with van der Waals surface area (Å²) in [5.41, 5.74) is 1.66. The van der Waals surface area contributed by atoms with Gasteiger partial charge in [-0.1, -0.05) is 35.1 Å². The number of piperidine rings is 1. The van der Waals surface area contributed by atoms with E-state index in [1.54, 1.807) is 41.0 Å². The lowest BCUT2D eigenvalue weighted by molar-refractivity contribution is -0.122. The standard InChI is InChI=1S/C23H26N4O5S3/c1-3-12-27-20-11-10-19(34(24,29)30)14-21(20)33-23(27)25-22(28)17-5-4-13-26(15-17)35(31,32)18-8-6-16(2)7-9-18/h3,6-11,14,17H,1,4-5,12-13,15H2,2H3,(H2,24,29,30). The van der Waals surface area contributed by atoms with Gasteiger partial charge in [0.05, 0.1) is 25.9 Å². The van der Waals surface area contributed by atoms with Gasteiger partial charge in [-0.05, 0) is 50.1 Å². The van der Waals surface area contributed by atoms with Crippen LogP contribution in [0.3, 0.4) is 0 Å². The smallest absolute Gasteiger partial charge is 0.252 e. The van der Waals surface area contributed by atoms with Gasteiger partial charge in [0.25, 0.3) is 5.91 Å². The van der Waals surface area contributed by atoms with Crippen molar-refractivity contribution >= 4 is 47.5 Å². The number of sulfonamides is 2. The fourth-order valence-electron chi connectivity index (χ4n) is 4.03. The molecule has 1 aromatic heterocycles. The maximum atomic E-state index is 13.1. The van der Waals surface area contributed by atoms with Gasteiger partial charge in [0.1, 0.15) is 0 Å². The van der Waals surface area contributed by atoms with Crippen molar-refractivity contribution in [2.24, 2.45) is 16.0 Å². The Kier molecular flexibility index (Phi) is 7.11. The number of benzene rings is 2. The monoisotopic (exact) mass is 534 g/mol. The normalized spacial score (nSPS) is 18.1. The zero-order valence-electron chi connectivity index (χ0n) is 19.1. The van der Waals surface area contributed by atoms with Crippen LogP contribution in [0, 0.1) is 12.8 Å². The molecule has 1 aliphatic rings. The molecule has 0 radical (unpaired) electrons. The zero-order valence-corrected chi connectivity index (χ0v) is 21.6. The highest BCUT2D eigenvalue weighted by Gasteiger charge is 2.33. The predicted octanol–water partition coefficient (Wildman–Crippen LogP) is 2.37. The van der Waals surface area contributed by atoms with E-state index in [2.05, 4.69) is 11.6 Å². The van der Waals surface area contributed by atoms with Crippen LogP contribution in [0.25, 0.3) is 10.2 Å². The van der Waals surface area contributed by atoms with E-state index in [4.69, 9.17) is 5.14 Å². The van der Waals surface area contributed by atoms with Gasteiger partial charge < -0.3 is 4.57 Å². The van der Waals surface area contributed by atoms with Crippen molar-refractivity contribution in [3.05, 3.63) is 65.5 Å². The Bertz CT molecular complexity index is 1570. The second-order valence-corrected chi connectivity index (χ2v) is 12.9. The maximum absolute atomic E-state index is 13.1. The minimum Gasteiger partial charge on any atom is -0.313 e. The molecular formula is C23H26N4O5S3. The summed E-state index contributed by atoms with van der Waals surface area (Å²) in [4.78, 5) is 18.0. The summed E-state index contributed by atoms with van der Waals surface area (Å²) in [6.45, 7) is 6.39. The molecular weight excluding hydrogens is 508 g/mol. The summed E-state index contributed by atoms with van der Waals surface area (Å²) < 4.78 is 53.4. The highest BCUT2D eigenvalue weighted by molar-refractivity contribution is 7.89. The molecule has 1 unspecified atom stereocenters. The number of allylic oxidation sites excluding steroid dienone is 1. The number of primary sulfonamides is 1. The van der Waals surface area contributed by atoms with E-state index in [1.165, 1.54) is 27.8 Å². The highest BCUT2D eigenvalue weighted by atomic mass is 32.2. The Balaban J connectivity index is 1.66. The second-order valence-electron chi connectivity index (χ2n) is 8.42. The summed E-state index contributed by atoms with van der Waals surface area (Å²) >= 11 is 1.17. The van der Waals surface area contributed by atoms with Gasteiger partial charge in [-0.2, -0.15) is 9.30 Å². The first kappa shape index (κ1) is 25.5. The molecule has 4 rings (SSSR count). The van der Waals surface area contributed by atoms with E-state index in [-0.39, 0.29) is 16.3 Å². The number of rotatable bonds is 6. The number of aryl methyl sites for hydroxylation is 1. The summed E-state index contributed by atoms with van der Waals surface area (Å²) in [5, 5.41) is 5.25. The van der Waals surface area contributed by atoms with Crippen molar-refractivity contribution in [2.45, 2.75) is 36.1 Å². The van der Waals surface area contributed by atoms with Crippen molar-refractivity contribution in [3.8, 4) is 0 Å². The highest BCUT2D eigenvalue weighted by Crippen LogP contribution is 2.25. The molecule has 1 saturated heterocycles. The van der Waals surface area contributed by atoms with Crippen LogP contribution in [0.5, 0.6) is 0 Å². The van der Waals surface area contributed by atoms with Crippen molar-refractivity contribution in [1.82, 2.24) is 8.87 Å². The number of aromatic nitrogens is 1. The lowest BCUT2D eigenvalue weighted by Crippen LogP contribution is -2.42. The number of fused-ring (bicyclic) bond motifs is 1. The number of nitrogens with two attached hydrogens (primary N) is 1. The molecule has 0 aliphatic carbocycles. The third-order valence-corrected chi connectivity index (χ3v) is 9.72. The minimum atomic E-state index is -3.88. The van der Waals surface area contributed by atoms with Gasteiger partial charge in [0.2, 0.25) is 20.0 Å². The van der Waals surface area contributed by atoms with Crippen LogP contribution in [0.2, 0.25) is 0 Å². The molecule has 12 heteroatoms. The molecule has 2 heterocycles. The van der Waals surface area contributed by atoms with E-state index in [0.29, 0.717) is 40.9 Å². The van der Waals surface area contributed by atoms with E-state index < -0.39 is 31.9 Å². The number of carbonyl (C=O) groups is 1. The number of nitrogens with zero attached hydrogens (tertiary/aromatic N) is 3. The first-order valence-electron chi connectivity index (χ1n) is 10.9. The quantitative estimate of drug-likeness (QED) is 0.485. The fraction of sp³-hybridized carbons (Fsp3) is 0.304. The summed E-state index contributed by atoms with van der Waals surface area (Å²) in [5.74, 6) is -0.990. The Hall–Kier alpha value is -2.64. The molecule has 2 aromatic carbocycles. The molecule has 186 valence electrons. The molecule has 2 N–H and O–H groups in total. The van der Waals surface area contributed by atoms with Crippen LogP contribution in [-0.4, -0.2) is 44.7 Å². The van der Waals surface area contributed by atoms with Crippen LogP contribution >= 0.6 is 11.3 Å². The van der Waals surface area contributed by atoms with Gasteiger partial charge in [-0.3, -0.25) is 4.79 Å². The molecule has 0 bridgehead atoms. The predicted molar refractivity (Wildman–Crippen MR) is 135 cm³/mol. The van der Waals surface area contributed by atoms with Gasteiger partial charge in [-0.25, -0.2) is 22.0 Å². The third-order valence-electron chi connectivity index (χ3n) is 5.89. The Morgan fingerprint density at radius 2 is 1.86 bits per heavy atom. The molecule has 0 saturated carbocycles. The van der Waals surface area contributed by atoms with E-state index in [1.807, 2.05) is 6.92 Å². The molecule has 0 spiro atoms. The van der Waals surface area contributed by atoms with Crippen LogP contribution in [-0.2, 0) is 31.4 Å². The van der Waals surface area contributed by atoms with Gasteiger partial charge in [0, 0.05) is 19.6 Å². The Labute approximate surface area is 208 Å². The molecule has 9 nitrogen and oxygen atoms in total.